The van der Waals surface area contributed by atoms with Crippen LogP contribution in [0.25, 0.3) is 0 Å². The molecule has 7 heteroatoms. The van der Waals surface area contributed by atoms with Crippen LogP contribution in [0.5, 0.6) is 0 Å². The zero-order valence-electron chi connectivity index (χ0n) is 26.2. The van der Waals surface area contributed by atoms with Gasteiger partial charge in [-0.3, -0.25) is 9.59 Å². The summed E-state index contributed by atoms with van der Waals surface area (Å²) in [7, 11) is 0. The first-order chi connectivity index (χ1) is 19.2. The van der Waals surface area contributed by atoms with Gasteiger partial charge in [0.15, 0.2) is 0 Å². The molecular weight excluding hydrogens is 520 g/mol. The van der Waals surface area contributed by atoms with Gasteiger partial charge in [0, 0.05) is 38.8 Å². The lowest BCUT2D eigenvalue weighted by Gasteiger charge is -2.05. The van der Waals surface area contributed by atoms with Crippen molar-refractivity contribution < 1.29 is 26.6 Å². The number of halogens is 1. The second-order valence-corrected chi connectivity index (χ2v) is 11.5. The number of carbonyl (C=O) groups excluding carboxylic acids is 2. The van der Waals surface area contributed by atoms with Crippen molar-refractivity contribution in [3.63, 3.8) is 0 Å². The van der Waals surface area contributed by atoms with Crippen molar-refractivity contribution in [3.05, 3.63) is 18.7 Å². The van der Waals surface area contributed by atoms with E-state index in [1.165, 1.54) is 103 Å². The van der Waals surface area contributed by atoms with Crippen molar-refractivity contribution in [1.29, 1.82) is 0 Å². The number of nitrogens with zero attached hydrogens (tertiary/aromatic N) is 2. The highest BCUT2D eigenvalue weighted by atomic mass is 35.5. The Balaban J connectivity index is 0.0000152. The molecule has 0 aromatic carbocycles. The van der Waals surface area contributed by atoms with Gasteiger partial charge in [-0.2, -0.15) is 0 Å². The number of aromatic nitrogens is 2. The summed E-state index contributed by atoms with van der Waals surface area (Å²) in [4.78, 5) is 24.1. The number of unbranched alkanes of at least 4 members (excludes halogenated alkanes) is 16. The van der Waals surface area contributed by atoms with Gasteiger partial charge in [-0.15, -0.1) is 0 Å². The molecule has 0 aliphatic carbocycles. The zero-order valence-corrected chi connectivity index (χ0v) is 27.0. The number of hydrogen-bond donors (Lipinski definition) is 2. The van der Waals surface area contributed by atoms with E-state index in [-0.39, 0.29) is 24.2 Å². The predicted molar refractivity (Wildman–Crippen MR) is 164 cm³/mol. The average Bonchev–Trinajstić information content (AvgIpc) is 3.39. The average molecular weight is 583 g/mol. The lowest BCUT2D eigenvalue weighted by atomic mass is 10.1. The molecule has 0 aliphatic rings. The van der Waals surface area contributed by atoms with Crippen molar-refractivity contribution in [2.24, 2.45) is 0 Å². The normalized spacial score (nSPS) is 10.8. The highest BCUT2D eigenvalue weighted by molar-refractivity contribution is 5.76. The highest BCUT2D eigenvalue weighted by Gasteiger charge is 2.06. The first-order valence-electron chi connectivity index (χ1n) is 16.7. The molecule has 1 aromatic heterocycles. The molecule has 0 fully saturated rings. The van der Waals surface area contributed by atoms with Gasteiger partial charge in [-0.25, -0.2) is 9.13 Å². The number of carbonyl (C=O) groups is 2. The molecule has 40 heavy (non-hydrogen) atoms. The number of amides is 2. The third-order valence-corrected chi connectivity index (χ3v) is 7.59. The maximum atomic E-state index is 12.0. The van der Waals surface area contributed by atoms with Gasteiger partial charge in [0.25, 0.3) is 0 Å². The Morgan fingerprint density at radius 3 is 1.50 bits per heavy atom. The number of aryl methyl sites for hydroxylation is 2. The van der Waals surface area contributed by atoms with Gasteiger partial charge in [0.05, 0.1) is 13.1 Å². The summed E-state index contributed by atoms with van der Waals surface area (Å²) in [6, 6.07) is 0. The molecular formula is C33H63ClN4O2. The van der Waals surface area contributed by atoms with Crippen LogP contribution in [0.4, 0.5) is 0 Å². The fourth-order valence-corrected chi connectivity index (χ4v) is 5.05. The minimum atomic E-state index is 0. The van der Waals surface area contributed by atoms with Gasteiger partial charge in [-0.1, -0.05) is 117 Å². The van der Waals surface area contributed by atoms with Crippen LogP contribution >= 0.6 is 0 Å². The minimum Gasteiger partial charge on any atom is -1.00 e. The van der Waals surface area contributed by atoms with Crippen LogP contribution in [0, 0.1) is 0 Å². The summed E-state index contributed by atoms with van der Waals surface area (Å²) in [5, 5.41) is 6.14. The topological polar surface area (TPSA) is 67.0 Å². The standard InChI is InChI=1S/C33H62N4O2.ClH/c1-3-5-7-9-11-13-15-17-19-23-32(38)34-25-21-27-36-29-30-37(31-36)28-22-26-35-33(39)24-20-18-16-14-12-10-8-6-4-2;/h29-31H,3-28H2,1-2H3,(H-,34,35,38,39);1H. The summed E-state index contributed by atoms with van der Waals surface area (Å²) >= 11 is 0. The van der Waals surface area contributed by atoms with Crippen LogP contribution in [0.2, 0.25) is 0 Å². The molecule has 2 N–H and O–H groups in total. The summed E-state index contributed by atoms with van der Waals surface area (Å²) in [5.74, 6) is 0.390. The second kappa shape index (κ2) is 29.0. The van der Waals surface area contributed by atoms with E-state index in [0.29, 0.717) is 12.8 Å². The van der Waals surface area contributed by atoms with Crippen LogP contribution in [-0.4, -0.2) is 29.5 Å². The fourth-order valence-electron chi connectivity index (χ4n) is 5.05. The van der Waals surface area contributed by atoms with Gasteiger partial charge < -0.3 is 23.0 Å². The molecule has 0 bridgehead atoms. The number of rotatable bonds is 28. The molecule has 2 amide bonds. The van der Waals surface area contributed by atoms with Crippen molar-refractivity contribution in [2.75, 3.05) is 13.1 Å². The van der Waals surface area contributed by atoms with Crippen LogP contribution in [0.15, 0.2) is 18.7 Å². The molecule has 0 radical (unpaired) electrons. The van der Waals surface area contributed by atoms with Gasteiger partial charge in [0.2, 0.25) is 18.1 Å². The Hall–Kier alpha value is -1.56. The number of nitrogens with one attached hydrogen (secondary N) is 2. The van der Waals surface area contributed by atoms with Gasteiger partial charge >= 0.3 is 0 Å². The Morgan fingerprint density at radius 2 is 1.02 bits per heavy atom. The van der Waals surface area contributed by atoms with Crippen molar-refractivity contribution in [1.82, 2.24) is 15.2 Å². The molecule has 6 nitrogen and oxygen atoms in total. The number of hydrogen-bond acceptors (Lipinski definition) is 2. The molecule has 0 aliphatic heterocycles. The largest absolute Gasteiger partial charge is 1.00 e. The van der Waals surface area contributed by atoms with Gasteiger partial charge in [0.1, 0.15) is 12.4 Å². The third-order valence-electron chi connectivity index (χ3n) is 7.59. The molecule has 0 saturated heterocycles. The van der Waals surface area contributed by atoms with E-state index in [0.717, 1.165) is 51.9 Å². The summed E-state index contributed by atoms with van der Waals surface area (Å²) < 4.78 is 4.35. The smallest absolute Gasteiger partial charge is 0.243 e. The molecule has 1 rings (SSSR count). The Labute approximate surface area is 253 Å². The minimum absolute atomic E-state index is 0. The Kier molecular flexibility index (Phi) is 27.8. The van der Waals surface area contributed by atoms with E-state index in [1.807, 2.05) is 0 Å². The fraction of sp³-hybridized carbons (Fsp3) is 0.848. The molecule has 0 spiro atoms. The van der Waals surface area contributed by atoms with Gasteiger partial charge in [-0.05, 0) is 12.8 Å². The quantitative estimate of drug-likeness (QED) is 0.112. The zero-order chi connectivity index (χ0) is 28.2. The summed E-state index contributed by atoms with van der Waals surface area (Å²) in [5.41, 5.74) is 0. The second-order valence-electron chi connectivity index (χ2n) is 11.5. The van der Waals surface area contributed by atoms with Crippen molar-refractivity contribution >= 4 is 11.8 Å². The van der Waals surface area contributed by atoms with E-state index < -0.39 is 0 Å². The monoisotopic (exact) mass is 582 g/mol. The molecule has 0 saturated carbocycles. The molecule has 0 unspecified atom stereocenters. The third kappa shape index (κ3) is 24.3. The predicted octanol–water partition coefficient (Wildman–Crippen LogP) is 4.63. The van der Waals surface area contributed by atoms with Crippen molar-refractivity contribution in [2.45, 2.75) is 168 Å². The van der Waals surface area contributed by atoms with Crippen molar-refractivity contribution in [3.8, 4) is 0 Å². The lowest BCUT2D eigenvalue weighted by Crippen LogP contribution is -3.00. The molecule has 234 valence electrons. The first kappa shape index (κ1) is 38.4. The lowest BCUT2D eigenvalue weighted by molar-refractivity contribution is -0.696. The maximum absolute atomic E-state index is 12.0. The molecule has 1 heterocycles. The number of imidazole rings is 1. The SMILES string of the molecule is CCCCCCCCCCCC(=O)NCCCn1cc[n+](CCCNC(=O)CCCCCCCCCCC)c1.[Cl-]. The highest BCUT2D eigenvalue weighted by Crippen LogP contribution is 2.11. The van der Waals surface area contributed by atoms with E-state index in [9.17, 15) is 9.59 Å². The van der Waals surface area contributed by atoms with E-state index in [2.05, 4.69) is 52.3 Å². The van der Waals surface area contributed by atoms with Crippen LogP contribution in [0.1, 0.15) is 155 Å². The van der Waals surface area contributed by atoms with Crippen LogP contribution < -0.4 is 27.6 Å². The summed E-state index contributed by atoms with van der Waals surface area (Å²) in [6.07, 6.45) is 32.6. The van der Waals surface area contributed by atoms with E-state index in [1.54, 1.807) is 0 Å². The van der Waals surface area contributed by atoms with E-state index >= 15 is 0 Å². The summed E-state index contributed by atoms with van der Waals surface area (Å²) in [6.45, 7) is 7.79. The first-order valence-corrected chi connectivity index (χ1v) is 16.7. The van der Waals surface area contributed by atoms with E-state index in [4.69, 9.17) is 0 Å². The van der Waals surface area contributed by atoms with Crippen LogP contribution in [0.3, 0.4) is 0 Å². The Morgan fingerprint density at radius 1 is 0.600 bits per heavy atom. The molecule has 0 atom stereocenters. The van der Waals surface area contributed by atoms with Crippen LogP contribution in [-0.2, 0) is 22.7 Å². The molecule has 1 aromatic rings. The maximum Gasteiger partial charge on any atom is 0.243 e. The Bertz CT molecular complexity index is 654.